The van der Waals surface area contributed by atoms with Crippen molar-refractivity contribution in [2.24, 2.45) is 0 Å². The largest absolute Gasteiger partial charge is 0.394 e. The molecule has 0 heterocycles. The SMILES string of the molecule is Cc1ccc(S(=O)(=O)NC(S)(NC(C)(C)CO)NC(C)(C)CO)cc1. The number of hydrogen-bond donors (Lipinski definition) is 6. The molecule has 1 aromatic rings. The predicted molar refractivity (Wildman–Crippen MR) is 102 cm³/mol. The maximum absolute atomic E-state index is 12.7. The maximum atomic E-state index is 12.7. The van der Waals surface area contributed by atoms with E-state index in [0.29, 0.717) is 0 Å². The molecule has 7 nitrogen and oxygen atoms in total. The van der Waals surface area contributed by atoms with Crippen LogP contribution in [0.15, 0.2) is 29.2 Å². The topological polar surface area (TPSA) is 111 Å². The molecule has 0 amide bonds. The summed E-state index contributed by atoms with van der Waals surface area (Å²) in [6, 6.07) is 6.40. The van der Waals surface area contributed by atoms with E-state index in [9.17, 15) is 18.6 Å². The lowest BCUT2D eigenvalue weighted by Gasteiger charge is -2.43. The van der Waals surface area contributed by atoms with E-state index in [1.165, 1.54) is 12.1 Å². The average Bonchev–Trinajstić information content (AvgIpc) is 2.45. The number of benzene rings is 1. The van der Waals surface area contributed by atoms with Gasteiger partial charge in [0, 0.05) is 11.1 Å². The molecule has 0 aliphatic heterocycles. The third kappa shape index (κ3) is 6.86. The standard InChI is InChI=1S/C16H29N3O4S2/c1-12-6-8-13(9-7-12)25(22,23)19-16(24,17-14(2,3)10-20)18-15(4,5)11-21/h6-9,17-21,24H,10-11H2,1-5H3. The van der Waals surface area contributed by atoms with Crippen LogP contribution in [0.25, 0.3) is 0 Å². The highest BCUT2D eigenvalue weighted by atomic mass is 32.2. The Morgan fingerprint density at radius 2 is 1.36 bits per heavy atom. The van der Waals surface area contributed by atoms with Gasteiger partial charge in [-0.1, -0.05) is 17.7 Å². The minimum absolute atomic E-state index is 0.0868. The van der Waals surface area contributed by atoms with Crippen LogP contribution in [-0.4, -0.2) is 48.0 Å². The molecule has 25 heavy (non-hydrogen) atoms. The van der Waals surface area contributed by atoms with Crippen LogP contribution in [0, 0.1) is 6.92 Å². The molecular formula is C16H29N3O4S2. The van der Waals surface area contributed by atoms with Gasteiger partial charge >= 0.3 is 0 Å². The van der Waals surface area contributed by atoms with Crippen molar-refractivity contribution in [3.8, 4) is 0 Å². The molecule has 0 saturated heterocycles. The molecule has 0 atom stereocenters. The Labute approximate surface area is 155 Å². The van der Waals surface area contributed by atoms with Crippen molar-refractivity contribution in [2.45, 2.75) is 55.7 Å². The fourth-order valence-electron chi connectivity index (χ4n) is 2.11. The van der Waals surface area contributed by atoms with E-state index in [1.807, 2.05) is 6.92 Å². The first-order chi connectivity index (χ1) is 11.2. The zero-order chi connectivity index (χ0) is 19.5. The quantitative estimate of drug-likeness (QED) is 0.271. The molecule has 0 aromatic heterocycles. The first-order valence-electron chi connectivity index (χ1n) is 7.88. The Morgan fingerprint density at radius 3 is 1.72 bits per heavy atom. The zero-order valence-electron chi connectivity index (χ0n) is 15.3. The van der Waals surface area contributed by atoms with Crippen LogP contribution in [-0.2, 0) is 10.0 Å². The van der Waals surface area contributed by atoms with Crippen molar-refractivity contribution in [2.75, 3.05) is 13.2 Å². The normalized spacial score (nSPS) is 13.9. The highest BCUT2D eigenvalue weighted by Gasteiger charge is 2.39. The fraction of sp³-hybridized carbons (Fsp3) is 0.625. The van der Waals surface area contributed by atoms with Crippen LogP contribution in [0.4, 0.5) is 0 Å². The summed E-state index contributed by atoms with van der Waals surface area (Å²) in [5.74, 6) is 0. The first-order valence-corrected chi connectivity index (χ1v) is 9.81. The van der Waals surface area contributed by atoms with Crippen LogP contribution in [0.2, 0.25) is 0 Å². The van der Waals surface area contributed by atoms with Crippen molar-refractivity contribution < 1.29 is 18.6 Å². The Hall–Kier alpha value is -0.680. The molecule has 9 heteroatoms. The van der Waals surface area contributed by atoms with E-state index in [4.69, 9.17) is 0 Å². The number of sulfonamides is 1. The predicted octanol–water partition coefficient (Wildman–Crippen LogP) is 0.535. The lowest BCUT2D eigenvalue weighted by molar-refractivity contribution is 0.115. The Morgan fingerprint density at radius 1 is 0.960 bits per heavy atom. The lowest BCUT2D eigenvalue weighted by Crippen LogP contribution is -2.73. The van der Waals surface area contributed by atoms with E-state index < -0.39 is 26.2 Å². The second-order valence-electron chi connectivity index (χ2n) is 7.46. The van der Waals surface area contributed by atoms with Crippen LogP contribution in [0.1, 0.15) is 33.3 Å². The Kier molecular flexibility index (Phi) is 7.08. The Balaban J connectivity index is 3.21. The van der Waals surface area contributed by atoms with E-state index in [-0.39, 0.29) is 18.1 Å². The molecule has 5 N–H and O–H groups in total. The fourth-order valence-corrected chi connectivity index (χ4v) is 4.18. The molecule has 0 bridgehead atoms. The highest BCUT2D eigenvalue weighted by molar-refractivity contribution is 7.91. The number of nitrogens with one attached hydrogen (secondary N) is 3. The van der Waals surface area contributed by atoms with Crippen molar-refractivity contribution in [3.05, 3.63) is 29.8 Å². The van der Waals surface area contributed by atoms with Crippen LogP contribution < -0.4 is 15.4 Å². The van der Waals surface area contributed by atoms with Crippen molar-refractivity contribution in [3.63, 3.8) is 0 Å². The van der Waals surface area contributed by atoms with Gasteiger partial charge in [0.05, 0.1) is 18.1 Å². The number of aryl methyl sites for hydroxylation is 1. The van der Waals surface area contributed by atoms with Gasteiger partial charge in [-0.05, 0) is 46.8 Å². The first kappa shape index (κ1) is 22.4. The average molecular weight is 392 g/mol. The van der Waals surface area contributed by atoms with Crippen molar-refractivity contribution >= 4 is 22.7 Å². The van der Waals surface area contributed by atoms with Gasteiger partial charge in [0.2, 0.25) is 10.0 Å². The molecule has 1 rings (SSSR count). The van der Waals surface area contributed by atoms with Crippen molar-refractivity contribution in [1.82, 2.24) is 15.4 Å². The highest BCUT2D eigenvalue weighted by Crippen LogP contribution is 2.19. The molecule has 1 aromatic carbocycles. The smallest absolute Gasteiger partial charge is 0.243 e. The van der Waals surface area contributed by atoms with Gasteiger partial charge in [0.15, 0.2) is 5.12 Å². The molecule has 0 saturated carbocycles. The van der Waals surface area contributed by atoms with Crippen LogP contribution >= 0.6 is 12.6 Å². The molecule has 0 fully saturated rings. The minimum Gasteiger partial charge on any atom is -0.394 e. The maximum Gasteiger partial charge on any atom is 0.243 e. The minimum atomic E-state index is -3.91. The summed E-state index contributed by atoms with van der Waals surface area (Å²) in [6.07, 6.45) is 0. The summed E-state index contributed by atoms with van der Waals surface area (Å²) >= 11 is 4.44. The van der Waals surface area contributed by atoms with E-state index in [0.717, 1.165) is 5.56 Å². The third-order valence-corrected chi connectivity index (χ3v) is 5.40. The summed E-state index contributed by atoms with van der Waals surface area (Å²) in [4.78, 5) is 0.0868. The molecular weight excluding hydrogens is 362 g/mol. The van der Waals surface area contributed by atoms with Gasteiger partial charge in [-0.3, -0.25) is 10.6 Å². The van der Waals surface area contributed by atoms with Gasteiger partial charge in [-0.15, -0.1) is 12.6 Å². The third-order valence-electron chi connectivity index (χ3n) is 3.44. The number of rotatable bonds is 9. The van der Waals surface area contributed by atoms with Crippen molar-refractivity contribution in [1.29, 1.82) is 0 Å². The number of aliphatic hydroxyl groups excluding tert-OH is 2. The van der Waals surface area contributed by atoms with Gasteiger partial charge in [0.25, 0.3) is 0 Å². The summed E-state index contributed by atoms with van der Waals surface area (Å²) < 4.78 is 28.0. The summed E-state index contributed by atoms with van der Waals surface area (Å²) in [6.45, 7) is 8.17. The summed E-state index contributed by atoms with van der Waals surface area (Å²) in [5.41, 5.74) is -0.734. The number of hydrogen-bond acceptors (Lipinski definition) is 7. The second-order valence-corrected chi connectivity index (χ2v) is 9.82. The molecule has 0 unspecified atom stereocenters. The van der Waals surface area contributed by atoms with Gasteiger partial charge < -0.3 is 10.2 Å². The van der Waals surface area contributed by atoms with E-state index in [2.05, 4.69) is 28.0 Å². The molecule has 0 aliphatic rings. The zero-order valence-corrected chi connectivity index (χ0v) is 17.0. The number of aliphatic hydroxyl groups is 2. The van der Waals surface area contributed by atoms with Gasteiger partial charge in [0.1, 0.15) is 0 Å². The summed E-state index contributed by atoms with van der Waals surface area (Å²) in [7, 11) is -3.91. The second kappa shape index (κ2) is 7.91. The Bertz CT molecular complexity index is 655. The van der Waals surface area contributed by atoms with E-state index >= 15 is 0 Å². The van der Waals surface area contributed by atoms with Crippen LogP contribution in [0.3, 0.4) is 0 Å². The molecule has 0 aliphatic carbocycles. The molecule has 144 valence electrons. The molecule has 0 radical (unpaired) electrons. The molecule has 0 spiro atoms. The summed E-state index contributed by atoms with van der Waals surface area (Å²) in [5, 5.41) is 23.3. The van der Waals surface area contributed by atoms with E-state index in [1.54, 1.807) is 39.8 Å². The van der Waals surface area contributed by atoms with Crippen LogP contribution in [0.5, 0.6) is 0 Å². The monoisotopic (exact) mass is 391 g/mol. The van der Waals surface area contributed by atoms with Gasteiger partial charge in [-0.2, -0.15) is 4.72 Å². The van der Waals surface area contributed by atoms with Gasteiger partial charge in [-0.25, -0.2) is 8.42 Å². The number of thiol groups is 1. The lowest BCUT2D eigenvalue weighted by atomic mass is 10.1.